The van der Waals surface area contributed by atoms with Gasteiger partial charge in [-0.15, -0.1) is 0 Å². The molecule has 0 aliphatic rings. The van der Waals surface area contributed by atoms with E-state index in [2.05, 4.69) is 15.3 Å². The third-order valence-corrected chi connectivity index (χ3v) is 3.13. The third kappa shape index (κ3) is 2.67. The molecular weight excluding hydrogens is 266 g/mol. The van der Waals surface area contributed by atoms with Crippen molar-refractivity contribution in [1.29, 1.82) is 0 Å². The van der Waals surface area contributed by atoms with Crippen molar-refractivity contribution in [2.45, 2.75) is 6.92 Å². The van der Waals surface area contributed by atoms with Gasteiger partial charge >= 0.3 is 5.97 Å². The van der Waals surface area contributed by atoms with Crippen molar-refractivity contribution in [2.75, 3.05) is 5.32 Å². The van der Waals surface area contributed by atoms with Crippen molar-refractivity contribution in [3.63, 3.8) is 0 Å². The highest BCUT2D eigenvalue weighted by Gasteiger charge is 2.06. The van der Waals surface area contributed by atoms with E-state index in [0.29, 0.717) is 5.82 Å². The van der Waals surface area contributed by atoms with Crippen molar-refractivity contribution < 1.29 is 9.90 Å². The van der Waals surface area contributed by atoms with Crippen LogP contribution in [0.2, 0.25) is 0 Å². The highest BCUT2D eigenvalue weighted by Crippen LogP contribution is 2.24. The average Bonchev–Trinajstić information content (AvgIpc) is 2.48. The minimum Gasteiger partial charge on any atom is -0.478 e. The molecule has 2 aromatic heterocycles. The molecule has 3 aromatic rings. The summed E-state index contributed by atoms with van der Waals surface area (Å²) in [5, 5.41) is 13.1. The summed E-state index contributed by atoms with van der Waals surface area (Å²) in [6.07, 6.45) is 1.33. The van der Waals surface area contributed by atoms with Crippen LogP contribution < -0.4 is 5.32 Å². The average molecular weight is 279 g/mol. The van der Waals surface area contributed by atoms with E-state index in [1.807, 2.05) is 37.3 Å². The first-order valence-electron chi connectivity index (χ1n) is 6.46. The summed E-state index contributed by atoms with van der Waals surface area (Å²) in [6, 6.07) is 13.0. The molecule has 5 heteroatoms. The predicted octanol–water partition coefficient (Wildman–Crippen LogP) is 3.38. The number of nitrogens with one attached hydrogen (secondary N) is 1. The minimum atomic E-state index is -0.989. The molecule has 0 bridgehead atoms. The van der Waals surface area contributed by atoms with E-state index in [0.717, 1.165) is 22.3 Å². The van der Waals surface area contributed by atoms with E-state index in [-0.39, 0.29) is 5.56 Å². The largest absolute Gasteiger partial charge is 0.478 e. The quantitative estimate of drug-likeness (QED) is 0.768. The van der Waals surface area contributed by atoms with Crippen LogP contribution in [0, 0.1) is 6.92 Å². The van der Waals surface area contributed by atoms with Gasteiger partial charge in [0, 0.05) is 17.3 Å². The standard InChI is InChI=1S/C16H13N3O2/c1-10-5-6-11-3-2-4-13(15(11)18-10)19-14-8-7-12(9-17-14)16(20)21/h2-9H,1H3,(H,17,19)(H,20,21). The fraction of sp³-hybridized carbons (Fsp3) is 0.0625. The second kappa shape index (κ2) is 5.20. The maximum absolute atomic E-state index is 10.8. The van der Waals surface area contributed by atoms with Crippen molar-refractivity contribution in [2.24, 2.45) is 0 Å². The minimum absolute atomic E-state index is 0.160. The zero-order chi connectivity index (χ0) is 14.8. The van der Waals surface area contributed by atoms with Gasteiger partial charge in [-0.1, -0.05) is 18.2 Å². The number of hydrogen-bond donors (Lipinski definition) is 2. The molecule has 0 saturated carbocycles. The normalized spacial score (nSPS) is 10.5. The Kier molecular flexibility index (Phi) is 3.23. The fourth-order valence-corrected chi connectivity index (χ4v) is 2.08. The lowest BCUT2D eigenvalue weighted by atomic mass is 10.1. The summed E-state index contributed by atoms with van der Waals surface area (Å²) >= 11 is 0. The van der Waals surface area contributed by atoms with Crippen LogP contribution in [0.4, 0.5) is 11.5 Å². The van der Waals surface area contributed by atoms with Gasteiger partial charge in [0.2, 0.25) is 0 Å². The van der Waals surface area contributed by atoms with E-state index < -0.39 is 5.97 Å². The van der Waals surface area contributed by atoms with Crippen LogP contribution in [-0.4, -0.2) is 21.0 Å². The van der Waals surface area contributed by atoms with Crippen molar-refractivity contribution in [1.82, 2.24) is 9.97 Å². The molecular formula is C16H13N3O2. The number of nitrogens with zero attached hydrogens (tertiary/aromatic N) is 2. The number of aryl methyl sites for hydroxylation is 1. The zero-order valence-corrected chi connectivity index (χ0v) is 11.4. The molecule has 0 amide bonds. The number of fused-ring (bicyclic) bond motifs is 1. The number of rotatable bonds is 3. The SMILES string of the molecule is Cc1ccc2cccc(Nc3ccc(C(=O)O)cn3)c2n1. The number of hydrogen-bond acceptors (Lipinski definition) is 4. The summed E-state index contributed by atoms with van der Waals surface area (Å²) < 4.78 is 0. The number of carboxylic acid groups (broad SMARTS) is 1. The maximum atomic E-state index is 10.8. The van der Waals surface area contributed by atoms with E-state index in [9.17, 15) is 4.79 Å². The monoisotopic (exact) mass is 279 g/mol. The van der Waals surface area contributed by atoms with E-state index in [1.165, 1.54) is 12.3 Å². The van der Waals surface area contributed by atoms with Crippen molar-refractivity contribution in [3.8, 4) is 0 Å². The van der Waals surface area contributed by atoms with E-state index in [1.54, 1.807) is 6.07 Å². The third-order valence-electron chi connectivity index (χ3n) is 3.13. The Bertz CT molecular complexity index is 813. The molecule has 0 spiro atoms. The van der Waals surface area contributed by atoms with E-state index >= 15 is 0 Å². The van der Waals surface area contributed by atoms with Gasteiger partial charge < -0.3 is 10.4 Å². The Morgan fingerprint density at radius 3 is 2.71 bits per heavy atom. The molecule has 2 N–H and O–H groups in total. The Morgan fingerprint density at radius 2 is 2.00 bits per heavy atom. The second-order valence-electron chi connectivity index (χ2n) is 4.69. The Balaban J connectivity index is 1.97. The summed E-state index contributed by atoms with van der Waals surface area (Å²) in [4.78, 5) is 19.5. The molecule has 5 nitrogen and oxygen atoms in total. The molecule has 21 heavy (non-hydrogen) atoms. The molecule has 0 unspecified atom stereocenters. The molecule has 3 rings (SSSR count). The molecule has 1 aromatic carbocycles. The number of aromatic nitrogens is 2. The molecule has 0 aliphatic carbocycles. The molecule has 0 aliphatic heterocycles. The first-order valence-corrected chi connectivity index (χ1v) is 6.46. The maximum Gasteiger partial charge on any atom is 0.337 e. The van der Waals surface area contributed by atoms with Crippen LogP contribution in [0.15, 0.2) is 48.7 Å². The molecule has 104 valence electrons. The Labute approximate surface area is 121 Å². The van der Waals surface area contributed by atoms with Crippen LogP contribution in [0.25, 0.3) is 10.9 Å². The van der Waals surface area contributed by atoms with Crippen LogP contribution in [0.5, 0.6) is 0 Å². The topological polar surface area (TPSA) is 75.1 Å². The van der Waals surface area contributed by atoms with Gasteiger partial charge in [-0.3, -0.25) is 4.98 Å². The molecule has 0 saturated heterocycles. The smallest absolute Gasteiger partial charge is 0.337 e. The van der Waals surface area contributed by atoms with Crippen LogP contribution in [0.1, 0.15) is 16.1 Å². The molecule has 0 radical (unpaired) electrons. The summed E-state index contributed by atoms with van der Waals surface area (Å²) in [6.45, 7) is 1.94. The van der Waals surface area contributed by atoms with E-state index in [4.69, 9.17) is 5.11 Å². The number of anilines is 2. The van der Waals surface area contributed by atoms with Gasteiger partial charge in [0.25, 0.3) is 0 Å². The summed E-state index contributed by atoms with van der Waals surface area (Å²) in [7, 11) is 0. The molecule has 2 heterocycles. The lowest BCUT2D eigenvalue weighted by Crippen LogP contribution is -2.00. The number of pyridine rings is 2. The van der Waals surface area contributed by atoms with Crippen molar-refractivity contribution in [3.05, 3.63) is 59.9 Å². The molecule has 0 atom stereocenters. The van der Waals surface area contributed by atoms with Gasteiger partial charge in [0.05, 0.1) is 16.8 Å². The number of benzene rings is 1. The summed E-state index contributed by atoms with van der Waals surface area (Å²) in [5.74, 6) is -0.410. The number of para-hydroxylation sites is 1. The Morgan fingerprint density at radius 1 is 1.14 bits per heavy atom. The number of carboxylic acids is 1. The summed E-state index contributed by atoms with van der Waals surface area (Å²) in [5.41, 5.74) is 2.80. The molecule has 0 fully saturated rings. The lowest BCUT2D eigenvalue weighted by Gasteiger charge is -2.09. The van der Waals surface area contributed by atoms with Crippen LogP contribution >= 0.6 is 0 Å². The highest BCUT2D eigenvalue weighted by atomic mass is 16.4. The predicted molar refractivity (Wildman–Crippen MR) is 81.0 cm³/mol. The Hall–Kier alpha value is -2.95. The van der Waals surface area contributed by atoms with Gasteiger partial charge in [-0.2, -0.15) is 0 Å². The van der Waals surface area contributed by atoms with Crippen LogP contribution in [0.3, 0.4) is 0 Å². The lowest BCUT2D eigenvalue weighted by molar-refractivity contribution is 0.0696. The van der Waals surface area contributed by atoms with Gasteiger partial charge in [0.15, 0.2) is 0 Å². The second-order valence-corrected chi connectivity index (χ2v) is 4.69. The first-order chi connectivity index (χ1) is 10.1. The van der Waals surface area contributed by atoms with Crippen molar-refractivity contribution >= 4 is 28.4 Å². The van der Waals surface area contributed by atoms with Crippen LogP contribution in [-0.2, 0) is 0 Å². The van der Waals surface area contributed by atoms with Gasteiger partial charge in [0.1, 0.15) is 5.82 Å². The van der Waals surface area contributed by atoms with Gasteiger partial charge in [-0.05, 0) is 31.2 Å². The zero-order valence-electron chi connectivity index (χ0n) is 11.4. The fourth-order valence-electron chi connectivity index (χ4n) is 2.08. The number of carbonyl (C=O) groups is 1. The number of aromatic carboxylic acids is 1. The highest BCUT2D eigenvalue weighted by molar-refractivity contribution is 5.92. The van der Waals surface area contributed by atoms with Gasteiger partial charge in [-0.25, -0.2) is 9.78 Å². The first kappa shape index (κ1) is 13.1.